The van der Waals surface area contributed by atoms with Crippen LogP contribution in [-0.2, 0) is 9.59 Å². The summed E-state index contributed by atoms with van der Waals surface area (Å²) in [6, 6.07) is 22.4. The van der Waals surface area contributed by atoms with Crippen molar-refractivity contribution in [2.24, 2.45) is 0 Å². The molecule has 1 aliphatic heterocycles. The minimum absolute atomic E-state index is 0.0479. The quantitative estimate of drug-likeness (QED) is 0.368. The lowest BCUT2D eigenvalue weighted by Crippen LogP contribution is -2.29. The van der Waals surface area contributed by atoms with Gasteiger partial charge in [0.2, 0.25) is 0 Å². The van der Waals surface area contributed by atoms with Gasteiger partial charge in [-0.15, -0.1) is 0 Å². The Morgan fingerprint density at radius 2 is 1.66 bits per heavy atom. The van der Waals surface area contributed by atoms with Gasteiger partial charge in [0, 0.05) is 16.3 Å². The highest BCUT2D eigenvalue weighted by molar-refractivity contribution is 6.51. The molecule has 1 unspecified atom stereocenters. The Morgan fingerprint density at radius 1 is 0.931 bits per heavy atom. The summed E-state index contributed by atoms with van der Waals surface area (Å²) in [6.07, 6.45) is 0. The van der Waals surface area contributed by atoms with E-state index >= 15 is 0 Å². The second-order valence-corrected chi connectivity index (χ2v) is 7.37. The molecule has 1 fully saturated rings. The van der Waals surface area contributed by atoms with Crippen molar-refractivity contribution in [3.05, 3.63) is 106 Å². The van der Waals surface area contributed by atoms with Gasteiger partial charge in [0.05, 0.1) is 11.6 Å². The molecule has 1 atom stereocenters. The van der Waals surface area contributed by atoms with E-state index in [0.717, 1.165) is 11.1 Å². The van der Waals surface area contributed by atoms with Gasteiger partial charge in [0.1, 0.15) is 5.76 Å². The molecule has 0 bridgehead atoms. The van der Waals surface area contributed by atoms with Crippen LogP contribution in [0.3, 0.4) is 0 Å². The summed E-state index contributed by atoms with van der Waals surface area (Å²) < 4.78 is 0. The molecule has 0 aliphatic carbocycles. The maximum atomic E-state index is 13.0. The summed E-state index contributed by atoms with van der Waals surface area (Å²) in [4.78, 5) is 27.4. The number of halogens is 1. The van der Waals surface area contributed by atoms with Crippen LogP contribution in [0.5, 0.6) is 0 Å². The standard InChI is InChI=1S/C24H18ClNO3/c1-15-7-5-8-16(13-15)21-20(22(27)17-9-6-10-18(25)14-17)23(28)24(29)26(21)19-11-3-2-4-12-19/h2-14,21,27H,1H3/b22-20-. The molecule has 0 saturated carbocycles. The predicted molar refractivity (Wildman–Crippen MR) is 114 cm³/mol. The molecule has 3 aromatic carbocycles. The molecule has 29 heavy (non-hydrogen) atoms. The minimum Gasteiger partial charge on any atom is -0.507 e. The number of aliphatic hydroxyl groups excluding tert-OH is 1. The number of Topliss-reactive ketones (excluding diaryl/α,β-unsaturated/α-hetero) is 1. The molecule has 4 rings (SSSR count). The lowest BCUT2D eigenvalue weighted by atomic mass is 9.94. The average Bonchev–Trinajstić information content (AvgIpc) is 2.99. The highest BCUT2D eigenvalue weighted by Gasteiger charge is 2.46. The molecule has 3 aromatic rings. The number of ketones is 1. The normalized spacial score (nSPS) is 18.3. The van der Waals surface area contributed by atoms with Crippen LogP contribution in [0, 0.1) is 6.92 Å². The van der Waals surface area contributed by atoms with E-state index in [-0.39, 0.29) is 11.3 Å². The lowest BCUT2D eigenvalue weighted by Gasteiger charge is -2.25. The third-order valence-electron chi connectivity index (χ3n) is 4.93. The first kappa shape index (κ1) is 19.0. The van der Waals surface area contributed by atoms with Crippen molar-refractivity contribution < 1.29 is 14.7 Å². The number of hydrogen-bond donors (Lipinski definition) is 1. The van der Waals surface area contributed by atoms with Crippen LogP contribution in [0.2, 0.25) is 5.02 Å². The van der Waals surface area contributed by atoms with Crippen molar-refractivity contribution in [2.45, 2.75) is 13.0 Å². The molecule has 1 aliphatic rings. The fourth-order valence-corrected chi connectivity index (χ4v) is 3.82. The molecule has 1 heterocycles. The molecule has 0 aromatic heterocycles. The van der Waals surface area contributed by atoms with E-state index in [4.69, 9.17) is 11.6 Å². The largest absolute Gasteiger partial charge is 0.507 e. The van der Waals surface area contributed by atoms with Crippen LogP contribution in [0.15, 0.2) is 84.4 Å². The van der Waals surface area contributed by atoms with Gasteiger partial charge < -0.3 is 5.11 Å². The molecule has 1 saturated heterocycles. The third kappa shape index (κ3) is 3.43. The summed E-state index contributed by atoms with van der Waals surface area (Å²) in [5.74, 6) is -1.64. The number of aryl methyl sites for hydroxylation is 1. The number of rotatable bonds is 3. The number of carbonyl (C=O) groups is 2. The van der Waals surface area contributed by atoms with E-state index in [1.54, 1.807) is 48.5 Å². The molecule has 5 heteroatoms. The van der Waals surface area contributed by atoms with Gasteiger partial charge in [-0.1, -0.05) is 71.8 Å². The van der Waals surface area contributed by atoms with E-state index in [9.17, 15) is 14.7 Å². The Morgan fingerprint density at radius 3 is 2.34 bits per heavy atom. The summed E-state index contributed by atoms with van der Waals surface area (Å²) in [5.41, 5.74) is 2.76. The topological polar surface area (TPSA) is 57.6 Å². The van der Waals surface area contributed by atoms with Gasteiger partial charge in [-0.2, -0.15) is 0 Å². The number of aliphatic hydroxyl groups is 1. The first-order valence-electron chi connectivity index (χ1n) is 9.16. The van der Waals surface area contributed by atoms with Crippen molar-refractivity contribution in [3.63, 3.8) is 0 Å². The highest BCUT2D eigenvalue weighted by Crippen LogP contribution is 2.42. The van der Waals surface area contributed by atoms with E-state index in [1.807, 2.05) is 37.3 Å². The summed E-state index contributed by atoms with van der Waals surface area (Å²) >= 11 is 6.06. The van der Waals surface area contributed by atoms with Gasteiger partial charge in [0.15, 0.2) is 0 Å². The van der Waals surface area contributed by atoms with Crippen LogP contribution in [-0.4, -0.2) is 16.8 Å². The summed E-state index contributed by atoms with van der Waals surface area (Å²) in [6.45, 7) is 1.94. The fourth-order valence-electron chi connectivity index (χ4n) is 3.63. The number of carbonyl (C=O) groups excluding carboxylic acids is 2. The van der Waals surface area contributed by atoms with Crippen molar-refractivity contribution in [3.8, 4) is 0 Å². The van der Waals surface area contributed by atoms with Gasteiger partial charge in [-0.3, -0.25) is 14.5 Å². The molecule has 1 amide bonds. The zero-order valence-electron chi connectivity index (χ0n) is 15.7. The Hall–Kier alpha value is -3.37. The van der Waals surface area contributed by atoms with E-state index in [1.165, 1.54) is 4.90 Å². The van der Waals surface area contributed by atoms with Gasteiger partial charge >= 0.3 is 0 Å². The second-order valence-electron chi connectivity index (χ2n) is 6.93. The maximum Gasteiger partial charge on any atom is 0.300 e. The fraction of sp³-hybridized carbons (Fsp3) is 0.0833. The van der Waals surface area contributed by atoms with Gasteiger partial charge in [-0.25, -0.2) is 0 Å². The SMILES string of the molecule is Cc1cccc(C2/C(=C(/O)c3cccc(Cl)c3)C(=O)C(=O)N2c2ccccc2)c1. The van der Waals surface area contributed by atoms with Crippen molar-refractivity contribution in [1.29, 1.82) is 0 Å². The number of nitrogens with zero attached hydrogens (tertiary/aromatic N) is 1. The summed E-state index contributed by atoms with van der Waals surface area (Å²) in [7, 11) is 0. The first-order valence-corrected chi connectivity index (χ1v) is 9.53. The highest BCUT2D eigenvalue weighted by atomic mass is 35.5. The van der Waals surface area contributed by atoms with Crippen molar-refractivity contribution in [2.75, 3.05) is 4.90 Å². The summed E-state index contributed by atoms with van der Waals surface area (Å²) in [5, 5.41) is 11.4. The maximum absolute atomic E-state index is 13.0. The predicted octanol–water partition coefficient (Wildman–Crippen LogP) is 5.27. The average molecular weight is 404 g/mol. The van der Waals surface area contributed by atoms with Crippen LogP contribution < -0.4 is 4.90 Å². The molecular weight excluding hydrogens is 386 g/mol. The number of hydrogen-bond acceptors (Lipinski definition) is 3. The first-order chi connectivity index (χ1) is 14.0. The van der Waals surface area contributed by atoms with Crippen molar-refractivity contribution >= 4 is 34.7 Å². The van der Waals surface area contributed by atoms with Crippen LogP contribution in [0.1, 0.15) is 22.7 Å². The molecule has 4 nitrogen and oxygen atoms in total. The Labute approximate surface area is 173 Å². The van der Waals surface area contributed by atoms with E-state index in [0.29, 0.717) is 16.3 Å². The molecule has 144 valence electrons. The monoisotopic (exact) mass is 403 g/mol. The molecule has 0 radical (unpaired) electrons. The third-order valence-corrected chi connectivity index (χ3v) is 5.17. The van der Waals surface area contributed by atoms with Crippen LogP contribution >= 0.6 is 11.6 Å². The molecule has 0 spiro atoms. The van der Waals surface area contributed by atoms with E-state index in [2.05, 4.69) is 0 Å². The van der Waals surface area contributed by atoms with E-state index < -0.39 is 17.7 Å². The number of anilines is 1. The zero-order valence-corrected chi connectivity index (χ0v) is 16.4. The van der Waals surface area contributed by atoms with Gasteiger partial charge in [0.25, 0.3) is 11.7 Å². The van der Waals surface area contributed by atoms with Crippen LogP contribution in [0.25, 0.3) is 5.76 Å². The van der Waals surface area contributed by atoms with Crippen molar-refractivity contribution in [1.82, 2.24) is 0 Å². The molecular formula is C24H18ClNO3. The zero-order chi connectivity index (χ0) is 20.5. The van der Waals surface area contributed by atoms with Gasteiger partial charge in [-0.05, 0) is 36.8 Å². The number of benzene rings is 3. The Balaban J connectivity index is 1.97. The number of amides is 1. The Kier molecular flexibility index (Phi) is 4.95. The van der Waals surface area contributed by atoms with Crippen LogP contribution in [0.4, 0.5) is 5.69 Å². The smallest absolute Gasteiger partial charge is 0.300 e. The lowest BCUT2D eigenvalue weighted by molar-refractivity contribution is -0.132. The molecule has 1 N–H and O–H groups in total. The minimum atomic E-state index is -0.740. The number of para-hydroxylation sites is 1. The second kappa shape index (κ2) is 7.57. The Bertz CT molecular complexity index is 1140.